The third-order valence-corrected chi connectivity index (χ3v) is 2.55. The first-order chi connectivity index (χ1) is 6.06. The van der Waals surface area contributed by atoms with Crippen molar-refractivity contribution in [3.8, 4) is 0 Å². The summed E-state index contributed by atoms with van der Waals surface area (Å²) < 4.78 is 0. The fraction of sp³-hybridized carbons (Fsp3) is 0.500. The van der Waals surface area contributed by atoms with Crippen LogP contribution in [0.2, 0.25) is 0 Å². The zero-order valence-corrected chi connectivity index (χ0v) is 9.03. The van der Waals surface area contributed by atoms with Crippen molar-refractivity contribution in [3.63, 3.8) is 0 Å². The second-order valence-electron chi connectivity index (χ2n) is 2.90. The van der Waals surface area contributed by atoms with Gasteiger partial charge in [0.15, 0.2) is 0 Å². The molecule has 0 saturated heterocycles. The normalized spacial score (nSPS) is 10.2. The second-order valence-corrected chi connectivity index (χ2v) is 3.72. The fourth-order valence-electron chi connectivity index (χ4n) is 1.01. The summed E-state index contributed by atoms with van der Waals surface area (Å²) in [7, 11) is 3.69. The lowest BCUT2D eigenvalue weighted by atomic mass is 10.4. The van der Waals surface area contributed by atoms with Crippen LogP contribution in [0.1, 0.15) is 5.69 Å². The van der Waals surface area contributed by atoms with Crippen LogP contribution in [-0.4, -0.2) is 30.3 Å². The van der Waals surface area contributed by atoms with E-state index in [4.69, 9.17) is 0 Å². The highest BCUT2D eigenvalue weighted by Crippen LogP contribution is 2.13. The van der Waals surface area contributed by atoms with Crippen molar-refractivity contribution < 1.29 is 0 Å². The molecule has 4 nitrogen and oxygen atoms in total. The minimum absolute atomic E-state index is 0.0660. The first kappa shape index (κ1) is 10.1. The van der Waals surface area contributed by atoms with Crippen molar-refractivity contribution in [2.24, 2.45) is 0 Å². The van der Waals surface area contributed by atoms with Gasteiger partial charge in [-0.05, 0) is 13.2 Å². The molecule has 0 spiro atoms. The zero-order chi connectivity index (χ0) is 10.0. The highest BCUT2D eigenvalue weighted by Gasteiger charge is 2.07. The summed E-state index contributed by atoms with van der Waals surface area (Å²) in [5.41, 5.74) is 0.712. The van der Waals surface area contributed by atoms with Gasteiger partial charge >= 0.3 is 0 Å². The average Bonchev–Trinajstić information content (AvgIpc) is 2.03. The molecule has 1 N–H and O–H groups in total. The molecule has 0 bridgehead atoms. The molecule has 0 amide bonds. The number of rotatable bonds is 2. The van der Waals surface area contributed by atoms with Crippen molar-refractivity contribution >= 4 is 17.7 Å². The van der Waals surface area contributed by atoms with Crippen molar-refractivity contribution in [1.82, 2.24) is 9.97 Å². The van der Waals surface area contributed by atoms with Crippen LogP contribution in [0.3, 0.4) is 0 Å². The molecule has 0 aliphatic carbocycles. The van der Waals surface area contributed by atoms with Crippen LogP contribution in [0, 0.1) is 6.92 Å². The van der Waals surface area contributed by atoms with E-state index in [0.29, 0.717) is 10.8 Å². The predicted molar refractivity (Wildman–Crippen MR) is 55.7 cm³/mol. The Morgan fingerprint density at radius 1 is 1.46 bits per heavy atom. The lowest BCUT2D eigenvalue weighted by molar-refractivity contribution is 0.919. The Balaban J connectivity index is 3.29. The van der Waals surface area contributed by atoms with Gasteiger partial charge in [-0.25, -0.2) is 4.98 Å². The molecule has 1 heterocycles. The monoisotopic (exact) mass is 199 g/mol. The van der Waals surface area contributed by atoms with Gasteiger partial charge in [0.05, 0.1) is 10.6 Å². The minimum atomic E-state index is -0.0660. The van der Waals surface area contributed by atoms with Gasteiger partial charge in [0.1, 0.15) is 0 Å². The van der Waals surface area contributed by atoms with Gasteiger partial charge in [-0.15, -0.1) is 11.8 Å². The first-order valence-electron chi connectivity index (χ1n) is 3.88. The summed E-state index contributed by atoms with van der Waals surface area (Å²) in [4.78, 5) is 20.9. The highest BCUT2D eigenvalue weighted by molar-refractivity contribution is 7.98. The fourth-order valence-corrected chi connectivity index (χ4v) is 1.59. The Kier molecular flexibility index (Phi) is 2.98. The van der Waals surface area contributed by atoms with Gasteiger partial charge in [-0.1, -0.05) is 0 Å². The molecule has 0 saturated carbocycles. The number of aromatic amines is 1. The number of aromatic nitrogens is 2. The van der Waals surface area contributed by atoms with E-state index < -0.39 is 0 Å². The number of hydrogen-bond acceptors (Lipinski definition) is 4. The Hall–Kier alpha value is -0.970. The molecular weight excluding hydrogens is 186 g/mol. The lowest BCUT2D eigenvalue weighted by Gasteiger charge is -2.11. The maximum Gasteiger partial charge on any atom is 0.266 e. The molecule has 13 heavy (non-hydrogen) atoms. The first-order valence-corrected chi connectivity index (χ1v) is 5.11. The van der Waals surface area contributed by atoms with E-state index in [1.807, 2.05) is 27.3 Å². The molecule has 5 heteroatoms. The molecule has 1 rings (SSSR count). The van der Waals surface area contributed by atoms with Crippen LogP contribution in [0.4, 0.5) is 5.95 Å². The highest BCUT2D eigenvalue weighted by atomic mass is 32.2. The number of anilines is 1. The molecule has 0 atom stereocenters. The van der Waals surface area contributed by atoms with Crippen molar-refractivity contribution in [1.29, 1.82) is 0 Å². The molecule has 0 aliphatic heterocycles. The number of hydrogen-bond donors (Lipinski definition) is 1. The van der Waals surface area contributed by atoms with E-state index in [1.165, 1.54) is 11.8 Å². The number of thioether (sulfide) groups is 1. The van der Waals surface area contributed by atoms with Crippen LogP contribution in [0.5, 0.6) is 0 Å². The summed E-state index contributed by atoms with van der Waals surface area (Å²) >= 11 is 1.42. The smallest absolute Gasteiger partial charge is 0.266 e. The number of nitrogens with zero attached hydrogens (tertiary/aromatic N) is 2. The van der Waals surface area contributed by atoms with Gasteiger partial charge in [-0.3, -0.25) is 9.78 Å². The summed E-state index contributed by atoms with van der Waals surface area (Å²) in [5, 5.41) is 0. The van der Waals surface area contributed by atoms with Gasteiger partial charge in [0.25, 0.3) is 5.56 Å². The third-order valence-electron chi connectivity index (χ3n) is 1.66. The van der Waals surface area contributed by atoms with Crippen LogP contribution in [0.25, 0.3) is 0 Å². The summed E-state index contributed by atoms with van der Waals surface area (Å²) in [6.45, 7) is 1.84. The van der Waals surface area contributed by atoms with Gasteiger partial charge in [0, 0.05) is 14.1 Å². The largest absolute Gasteiger partial charge is 0.348 e. The van der Waals surface area contributed by atoms with E-state index in [2.05, 4.69) is 9.97 Å². The topological polar surface area (TPSA) is 49.0 Å². The molecule has 0 aliphatic rings. The SMILES string of the molecule is CSc1c(C)nc(N(C)C)[nH]c1=O. The average molecular weight is 199 g/mol. The lowest BCUT2D eigenvalue weighted by Crippen LogP contribution is -2.20. The molecule has 1 aromatic rings. The number of nitrogens with one attached hydrogen (secondary N) is 1. The molecule has 0 aromatic carbocycles. The molecule has 1 aromatic heterocycles. The maximum atomic E-state index is 11.5. The quantitative estimate of drug-likeness (QED) is 0.718. The maximum absolute atomic E-state index is 11.5. The van der Waals surface area contributed by atoms with Gasteiger partial charge in [-0.2, -0.15) is 0 Å². The van der Waals surface area contributed by atoms with E-state index in [9.17, 15) is 4.79 Å². The standard InChI is InChI=1S/C8H13N3OS/c1-5-6(13-4)7(12)10-8(9-5)11(2)3/h1-4H3,(H,9,10,12). The third kappa shape index (κ3) is 2.03. The van der Waals surface area contributed by atoms with Crippen LogP contribution >= 0.6 is 11.8 Å². The molecule has 72 valence electrons. The predicted octanol–water partition coefficient (Wildman–Crippen LogP) is 0.866. The molecule has 0 fully saturated rings. The minimum Gasteiger partial charge on any atom is -0.348 e. The van der Waals surface area contributed by atoms with Gasteiger partial charge in [0.2, 0.25) is 5.95 Å². The molecular formula is C8H13N3OS. The summed E-state index contributed by atoms with van der Waals surface area (Å²) in [6.07, 6.45) is 1.87. The zero-order valence-electron chi connectivity index (χ0n) is 8.21. The molecule has 0 radical (unpaired) electrons. The van der Waals surface area contributed by atoms with Crippen molar-refractivity contribution in [2.75, 3.05) is 25.3 Å². The summed E-state index contributed by atoms with van der Waals surface area (Å²) in [5.74, 6) is 0.598. The van der Waals surface area contributed by atoms with Crippen LogP contribution < -0.4 is 10.5 Å². The van der Waals surface area contributed by atoms with E-state index in [1.54, 1.807) is 4.90 Å². The van der Waals surface area contributed by atoms with Crippen LogP contribution in [-0.2, 0) is 0 Å². The summed E-state index contributed by atoms with van der Waals surface area (Å²) in [6, 6.07) is 0. The van der Waals surface area contributed by atoms with E-state index >= 15 is 0 Å². The Labute approximate surface area is 81.4 Å². The number of aryl methyl sites for hydroxylation is 1. The Morgan fingerprint density at radius 3 is 2.46 bits per heavy atom. The van der Waals surface area contributed by atoms with E-state index in [0.717, 1.165) is 5.69 Å². The van der Waals surface area contributed by atoms with Crippen molar-refractivity contribution in [2.45, 2.75) is 11.8 Å². The van der Waals surface area contributed by atoms with Gasteiger partial charge < -0.3 is 4.90 Å². The number of H-pyrrole nitrogens is 1. The van der Waals surface area contributed by atoms with Crippen LogP contribution in [0.15, 0.2) is 9.69 Å². The Bertz CT molecular complexity index is 359. The van der Waals surface area contributed by atoms with Crippen molar-refractivity contribution in [3.05, 3.63) is 16.0 Å². The second kappa shape index (κ2) is 3.83. The van der Waals surface area contributed by atoms with E-state index in [-0.39, 0.29) is 5.56 Å². The Morgan fingerprint density at radius 2 is 2.08 bits per heavy atom. The molecule has 0 unspecified atom stereocenters.